The molecule has 1 aromatic rings. The van der Waals surface area contributed by atoms with Gasteiger partial charge in [-0.1, -0.05) is 0 Å². The lowest BCUT2D eigenvalue weighted by atomic mass is 10.1. The Bertz CT molecular complexity index is 505. The lowest BCUT2D eigenvalue weighted by molar-refractivity contribution is 0.421. The van der Waals surface area contributed by atoms with Crippen molar-refractivity contribution in [3.8, 4) is 0 Å². The van der Waals surface area contributed by atoms with Crippen LogP contribution in [0, 0.1) is 6.92 Å². The predicted molar refractivity (Wildman–Crippen MR) is 71.7 cm³/mol. The Balaban J connectivity index is 2.49. The number of hydrogen-bond donors (Lipinski definition) is 2. The maximum atomic E-state index is 11.2. The van der Waals surface area contributed by atoms with Gasteiger partial charge in [-0.05, 0) is 20.8 Å². The molecule has 0 atom stereocenters. The largest absolute Gasteiger partial charge is 0.311 e. The highest BCUT2D eigenvalue weighted by molar-refractivity contribution is 7.88. The molecule has 0 amide bonds. The smallest absolute Gasteiger partial charge is 0.209 e. The van der Waals surface area contributed by atoms with Crippen LogP contribution in [-0.4, -0.2) is 36.5 Å². The van der Waals surface area contributed by atoms with Gasteiger partial charge in [0.15, 0.2) is 0 Å². The lowest BCUT2D eigenvalue weighted by Gasteiger charge is -2.25. The molecule has 0 aromatic carbocycles. The van der Waals surface area contributed by atoms with Crippen molar-refractivity contribution >= 4 is 10.0 Å². The van der Waals surface area contributed by atoms with Crippen LogP contribution in [0.15, 0.2) is 6.20 Å². The van der Waals surface area contributed by atoms with Crippen molar-refractivity contribution in [2.75, 3.05) is 12.8 Å². The summed E-state index contributed by atoms with van der Waals surface area (Å²) in [6.07, 6.45) is 3.12. The predicted octanol–water partition coefficient (Wildman–Crippen LogP) is 0.146. The second-order valence-electron chi connectivity index (χ2n) is 5.28. The van der Waals surface area contributed by atoms with E-state index in [1.807, 2.05) is 34.0 Å². The van der Waals surface area contributed by atoms with Crippen LogP contribution in [0.3, 0.4) is 0 Å². The molecule has 6 nitrogen and oxygen atoms in total. The molecule has 0 aliphatic heterocycles. The highest BCUT2D eigenvalue weighted by Crippen LogP contribution is 2.06. The van der Waals surface area contributed by atoms with Crippen LogP contribution < -0.4 is 10.0 Å². The van der Waals surface area contributed by atoms with Gasteiger partial charge in [0.25, 0.3) is 0 Å². The van der Waals surface area contributed by atoms with E-state index >= 15 is 0 Å². The van der Waals surface area contributed by atoms with Gasteiger partial charge in [-0.3, -0.25) is 4.68 Å². The summed E-state index contributed by atoms with van der Waals surface area (Å²) in [7, 11) is -1.31. The number of aryl methyl sites for hydroxylation is 2. The van der Waals surface area contributed by atoms with Gasteiger partial charge in [0, 0.05) is 37.4 Å². The second-order valence-corrected chi connectivity index (χ2v) is 7.02. The molecule has 0 fully saturated rings. The van der Waals surface area contributed by atoms with Crippen LogP contribution in [0.4, 0.5) is 0 Å². The van der Waals surface area contributed by atoms with Gasteiger partial charge >= 0.3 is 0 Å². The molecule has 0 aliphatic carbocycles. The van der Waals surface area contributed by atoms with E-state index in [-0.39, 0.29) is 0 Å². The third-order valence-corrected chi connectivity index (χ3v) is 3.38. The fourth-order valence-corrected chi connectivity index (χ4v) is 2.95. The second kappa shape index (κ2) is 5.38. The fourth-order valence-electron chi connectivity index (χ4n) is 1.87. The van der Waals surface area contributed by atoms with Crippen molar-refractivity contribution in [3.05, 3.63) is 17.5 Å². The van der Waals surface area contributed by atoms with Crippen molar-refractivity contribution in [2.24, 2.45) is 7.05 Å². The Morgan fingerprint density at radius 1 is 1.44 bits per heavy atom. The zero-order valence-electron chi connectivity index (χ0n) is 11.6. The summed E-state index contributed by atoms with van der Waals surface area (Å²) in [4.78, 5) is 0. The summed E-state index contributed by atoms with van der Waals surface area (Å²) in [6.45, 7) is 6.87. The van der Waals surface area contributed by atoms with Crippen molar-refractivity contribution in [2.45, 2.75) is 32.9 Å². The quantitative estimate of drug-likeness (QED) is 0.774. The number of nitrogens with one attached hydrogen (secondary N) is 2. The Kier molecular flexibility index (Phi) is 4.52. The van der Waals surface area contributed by atoms with E-state index < -0.39 is 15.6 Å². The molecule has 0 radical (unpaired) electrons. The summed E-state index contributed by atoms with van der Waals surface area (Å²) < 4.78 is 26.7. The molecule has 1 rings (SSSR count). The van der Waals surface area contributed by atoms with Crippen molar-refractivity contribution in [3.63, 3.8) is 0 Å². The molecule has 0 bridgehead atoms. The van der Waals surface area contributed by atoms with Gasteiger partial charge < -0.3 is 5.32 Å². The van der Waals surface area contributed by atoms with Crippen molar-refractivity contribution in [1.82, 2.24) is 19.8 Å². The standard InChI is InChI=1S/C11H22N4O2S/c1-9-10(7-15(4)13-9)6-12-8-11(2,3)14-18(5,16)17/h7,12,14H,6,8H2,1-5H3. The minimum absolute atomic E-state index is 0.510. The molecular formula is C11H22N4O2S. The van der Waals surface area contributed by atoms with Gasteiger partial charge in [0.05, 0.1) is 11.9 Å². The van der Waals surface area contributed by atoms with Gasteiger partial charge in [-0.15, -0.1) is 0 Å². The molecule has 0 spiro atoms. The van der Waals surface area contributed by atoms with E-state index in [9.17, 15) is 8.42 Å². The Morgan fingerprint density at radius 3 is 2.50 bits per heavy atom. The minimum atomic E-state index is -3.19. The van der Waals surface area contributed by atoms with Crippen molar-refractivity contribution < 1.29 is 8.42 Å². The van der Waals surface area contributed by atoms with Crippen LogP contribution >= 0.6 is 0 Å². The summed E-state index contributed by atoms with van der Waals surface area (Å²) in [5.41, 5.74) is 1.59. The summed E-state index contributed by atoms with van der Waals surface area (Å²) >= 11 is 0. The zero-order chi connectivity index (χ0) is 14.0. The minimum Gasteiger partial charge on any atom is -0.311 e. The maximum Gasteiger partial charge on any atom is 0.209 e. The number of sulfonamides is 1. The first kappa shape index (κ1) is 15.1. The number of aromatic nitrogens is 2. The lowest BCUT2D eigenvalue weighted by Crippen LogP contribution is -2.49. The van der Waals surface area contributed by atoms with Crippen LogP contribution in [0.1, 0.15) is 25.1 Å². The topological polar surface area (TPSA) is 76.0 Å². The molecule has 0 unspecified atom stereocenters. The number of nitrogens with zero attached hydrogens (tertiary/aromatic N) is 2. The molecule has 0 saturated heterocycles. The molecule has 1 heterocycles. The van der Waals surface area contributed by atoms with Crippen molar-refractivity contribution in [1.29, 1.82) is 0 Å². The van der Waals surface area contributed by atoms with E-state index in [4.69, 9.17) is 0 Å². The van der Waals surface area contributed by atoms with Gasteiger partial charge in [-0.25, -0.2) is 13.1 Å². The first-order valence-corrected chi connectivity index (χ1v) is 7.67. The summed E-state index contributed by atoms with van der Waals surface area (Å²) in [6, 6.07) is 0. The van der Waals surface area contributed by atoms with E-state index in [0.717, 1.165) is 11.3 Å². The molecule has 104 valence electrons. The fraction of sp³-hybridized carbons (Fsp3) is 0.727. The maximum absolute atomic E-state index is 11.2. The third kappa shape index (κ3) is 5.16. The first-order valence-electron chi connectivity index (χ1n) is 5.78. The van der Waals surface area contributed by atoms with E-state index in [1.165, 1.54) is 6.26 Å². The average Bonchev–Trinajstić information content (AvgIpc) is 2.40. The van der Waals surface area contributed by atoms with E-state index in [2.05, 4.69) is 15.1 Å². The highest BCUT2D eigenvalue weighted by Gasteiger charge is 2.21. The molecule has 7 heteroatoms. The summed E-state index contributed by atoms with van der Waals surface area (Å²) in [5.74, 6) is 0. The molecule has 2 N–H and O–H groups in total. The first-order chi connectivity index (χ1) is 8.09. The highest BCUT2D eigenvalue weighted by atomic mass is 32.2. The van der Waals surface area contributed by atoms with Gasteiger partial charge in [-0.2, -0.15) is 5.10 Å². The normalized spacial score (nSPS) is 12.9. The summed E-state index contributed by atoms with van der Waals surface area (Å²) in [5, 5.41) is 7.49. The van der Waals surface area contributed by atoms with E-state index in [0.29, 0.717) is 13.1 Å². The monoisotopic (exact) mass is 274 g/mol. The van der Waals surface area contributed by atoms with Crippen LogP contribution in [0.2, 0.25) is 0 Å². The zero-order valence-corrected chi connectivity index (χ0v) is 12.4. The Labute approximate surface area is 109 Å². The Hall–Kier alpha value is -0.920. The van der Waals surface area contributed by atoms with Crippen LogP contribution in [0.5, 0.6) is 0 Å². The van der Waals surface area contributed by atoms with Crippen LogP contribution in [-0.2, 0) is 23.6 Å². The molecule has 18 heavy (non-hydrogen) atoms. The number of hydrogen-bond acceptors (Lipinski definition) is 4. The van der Waals surface area contributed by atoms with Gasteiger partial charge in [0.1, 0.15) is 0 Å². The van der Waals surface area contributed by atoms with E-state index in [1.54, 1.807) is 4.68 Å². The van der Waals surface area contributed by atoms with Crippen LogP contribution in [0.25, 0.3) is 0 Å². The average molecular weight is 274 g/mol. The SMILES string of the molecule is Cc1nn(C)cc1CNCC(C)(C)NS(C)(=O)=O. The van der Waals surface area contributed by atoms with Gasteiger partial charge in [0.2, 0.25) is 10.0 Å². The molecule has 1 aromatic heterocycles. The third-order valence-electron chi connectivity index (χ3n) is 2.46. The molecule has 0 aliphatic rings. The molecule has 0 saturated carbocycles. The Morgan fingerprint density at radius 2 is 2.06 bits per heavy atom. The molecular weight excluding hydrogens is 252 g/mol. The number of rotatable bonds is 6.